The topological polar surface area (TPSA) is 20.2 Å². The first kappa shape index (κ1) is 11.4. The standard InChI is InChI=1S/C15H11FO/c16-14-9-6-12(7-10-14)8-11-15(17)13-4-2-1-3-5-13/h1-7,9-10,15,17H. The summed E-state index contributed by atoms with van der Waals surface area (Å²) in [7, 11) is 0. The number of rotatable bonds is 1. The monoisotopic (exact) mass is 226 g/mol. The molecular weight excluding hydrogens is 215 g/mol. The van der Waals surface area contributed by atoms with E-state index in [2.05, 4.69) is 11.8 Å². The zero-order chi connectivity index (χ0) is 12.1. The van der Waals surface area contributed by atoms with E-state index in [4.69, 9.17) is 0 Å². The van der Waals surface area contributed by atoms with Crippen molar-refractivity contribution in [3.05, 3.63) is 71.5 Å². The Bertz CT molecular complexity index is 535. The van der Waals surface area contributed by atoms with E-state index < -0.39 is 6.10 Å². The van der Waals surface area contributed by atoms with Crippen molar-refractivity contribution in [2.24, 2.45) is 0 Å². The second-order valence-corrected chi connectivity index (χ2v) is 3.59. The van der Waals surface area contributed by atoms with Crippen LogP contribution in [0.3, 0.4) is 0 Å². The lowest BCUT2D eigenvalue weighted by molar-refractivity contribution is 0.238. The molecule has 0 aromatic heterocycles. The summed E-state index contributed by atoms with van der Waals surface area (Å²) in [6.45, 7) is 0. The molecule has 84 valence electrons. The van der Waals surface area contributed by atoms with Gasteiger partial charge in [-0.3, -0.25) is 0 Å². The largest absolute Gasteiger partial charge is 0.376 e. The number of aliphatic hydroxyl groups is 1. The maximum Gasteiger partial charge on any atom is 0.140 e. The Morgan fingerprint density at radius 2 is 1.59 bits per heavy atom. The Balaban J connectivity index is 2.14. The highest BCUT2D eigenvalue weighted by molar-refractivity contribution is 5.36. The molecule has 1 nitrogen and oxygen atoms in total. The first-order valence-corrected chi connectivity index (χ1v) is 5.26. The van der Waals surface area contributed by atoms with Gasteiger partial charge in [0.1, 0.15) is 11.9 Å². The van der Waals surface area contributed by atoms with Crippen molar-refractivity contribution in [3.63, 3.8) is 0 Å². The van der Waals surface area contributed by atoms with Crippen LogP contribution < -0.4 is 0 Å². The Morgan fingerprint density at radius 3 is 2.24 bits per heavy atom. The molecule has 2 aromatic carbocycles. The van der Waals surface area contributed by atoms with Crippen LogP contribution in [-0.2, 0) is 0 Å². The van der Waals surface area contributed by atoms with Gasteiger partial charge in [-0.25, -0.2) is 4.39 Å². The third-order valence-corrected chi connectivity index (χ3v) is 2.31. The van der Waals surface area contributed by atoms with E-state index in [9.17, 15) is 9.50 Å². The second kappa shape index (κ2) is 5.29. The van der Waals surface area contributed by atoms with Crippen molar-refractivity contribution in [3.8, 4) is 11.8 Å². The van der Waals surface area contributed by atoms with E-state index in [1.165, 1.54) is 12.1 Å². The Hall–Kier alpha value is -2.11. The first-order valence-electron chi connectivity index (χ1n) is 5.26. The second-order valence-electron chi connectivity index (χ2n) is 3.59. The first-order chi connectivity index (χ1) is 8.25. The van der Waals surface area contributed by atoms with Crippen LogP contribution >= 0.6 is 0 Å². The lowest BCUT2D eigenvalue weighted by Gasteiger charge is -2.01. The molecule has 0 heterocycles. The van der Waals surface area contributed by atoms with Crippen molar-refractivity contribution in [1.82, 2.24) is 0 Å². The van der Waals surface area contributed by atoms with Gasteiger partial charge in [0.25, 0.3) is 0 Å². The summed E-state index contributed by atoms with van der Waals surface area (Å²) in [5, 5.41) is 9.79. The Labute approximate surface area is 99.5 Å². The van der Waals surface area contributed by atoms with Gasteiger partial charge in [-0.2, -0.15) is 0 Å². The van der Waals surface area contributed by atoms with Crippen LogP contribution in [0.15, 0.2) is 54.6 Å². The highest BCUT2D eigenvalue weighted by Crippen LogP contribution is 2.10. The predicted octanol–water partition coefficient (Wildman–Crippen LogP) is 2.91. The molecule has 0 saturated carbocycles. The molecule has 1 N–H and O–H groups in total. The minimum absolute atomic E-state index is 0.292. The summed E-state index contributed by atoms with van der Waals surface area (Å²) >= 11 is 0. The van der Waals surface area contributed by atoms with Gasteiger partial charge >= 0.3 is 0 Å². The molecule has 0 saturated heterocycles. The van der Waals surface area contributed by atoms with Crippen LogP contribution in [0.4, 0.5) is 4.39 Å². The van der Waals surface area contributed by atoms with Crippen LogP contribution in [-0.4, -0.2) is 5.11 Å². The number of hydrogen-bond donors (Lipinski definition) is 1. The van der Waals surface area contributed by atoms with Crippen LogP contribution in [0.5, 0.6) is 0 Å². The van der Waals surface area contributed by atoms with Crippen LogP contribution in [0.2, 0.25) is 0 Å². The summed E-state index contributed by atoms with van der Waals surface area (Å²) in [4.78, 5) is 0. The van der Waals surface area contributed by atoms with E-state index in [0.717, 1.165) is 5.56 Å². The van der Waals surface area contributed by atoms with Crippen molar-refractivity contribution in [1.29, 1.82) is 0 Å². The summed E-state index contributed by atoms with van der Waals surface area (Å²) in [6, 6.07) is 15.0. The van der Waals surface area contributed by atoms with E-state index in [-0.39, 0.29) is 5.82 Å². The Kier molecular flexibility index (Phi) is 3.54. The molecule has 1 atom stereocenters. The maximum atomic E-state index is 12.7. The van der Waals surface area contributed by atoms with E-state index in [0.29, 0.717) is 5.56 Å². The third-order valence-electron chi connectivity index (χ3n) is 2.31. The number of hydrogen-bond acceptors (Lipinski definition) is 1. The fourth-order valence-electron chi connectivity index (χ4n) is 1.40. The summed E-state index contributed by atoms with van der Waals surface area (Å²) in [6.07, 6.45) is -0.818. The number of benzene rings is 2. The summed E-state index contributed by atoms with van der Waals surface area (Å²) in [5.41, 5.74) is 1.43. The van der Waals surface area contributed by atoms with Gasteiger partial charge in [-0.05, 0) is 29.8 Å². The van der Waals surface area contributed by atoms with Gasteiger partial charge in [-0.15, -0.1) is 0 Å². The zero-order valence-electron chi connectivity index (χ0n) is 9.10. The minimum Gasteiger partial charge on any atom is -0.376 e. The highest BCUT2D eigenvalue weighted by Gasteiger charge is 2.00. The van der Waals surface area contributed by atoms with Gasteiger partial charge in [-0.1, -0.05) is 42.2 Å². The summed E-state index contributed by atoms with van der Waals surface area (Å²) < 4.78 is 12.7. The van der Waals surface area contributed by atoms with Crippen LogP contribution in [0.1, 0.15) is 17.2 Å². The molecule has 0 spiro atoms. The van der Waals surface area contributed by atoms with Gasteiger partial charge in [0.05, 0.1) is 0 Å². The molecule has 1 unspecified atom stereocenters. The lowest BCUT2D eigenvalue weighted by atomic mass is 10.1. The highest BCUT2D eigenvalue weighted by atomic mass is 19.1. The average Bonchev–Trinajstić information content (AvgIpc) is 2.39. The molecule has 0 aliphatic rings. The van der Waals surface area contributed by atoms with Crippen LogP contribution in [0.25, 0.3) is 0 Å². The fourth-order valence-corrected chi connectivity index (χ4v) is 1.40. The number of aliphatic hydroxyl groups excluding tert-OH is 1. The molecule has 0 aliphatic carbocycles. The molecule has 0 aliphatic heterocycles. The summed E-state index contributed by atoms with van der Waals surface area (Å²) in [5.74, 6) is 5.23. The smallest absolute Gasteiger partial charge is 0.140 e. The fraction of sp³-hybridized carbons (Fsp3) is 0.0667. The van der Waals surface area contributed by atoms with E-state index in [1.54, 1.807) is 12.1 Å². The van der Waals surface area contributed by atoms with Crippen molar-refractivity contribution >= 4 is 0 Å². The third kappa shape index (κ3) is 3.17. The predicted molar refractivity (Wildman–Crippen MR) is 64.7 cm³/mol. The Morgan fingerprint density at radius 1 is 0.941 bits per heavy atom. The molecule has 2 rings (SSSR count). The van der Waals surface area contributed by atoms with E-state index in [1.807, 2.05) is 30.3 Å². The quantitative estimate of drug-likeness (QED) is 0.741. The maximum absolute atomic E-state index is 12.7. The molecule has 0 amide bonds. The van der Waals surface area contributed by atoms with Gasteiger partial charge in [0, 0.05) is 5.56 Å². The van der Waals surface area contributed by atoms with Gasteiger partial charge in [0.15, 0.2) is 0 Å². The van der Waals surface area contributed by atoms with E-state index >= 15 is 0 Å². The molecule has 2 aromatic rings. The molecule has 2 heteroatoms. The molecular formula is C15H11FO. The minimum atomic E-state index is -0.818. The number of halogens is 1. The lowest BCUT2D eigenvalue weighted by Crippen LogP contribution is -1.92. The zero-order valence-corrected chi connectivity index (χ0v) is 9.10. The average molecular weight is 226 g/mol. The molecule has 0 fully saturated rings. The van der Waals surface area contributed by atoms with Crippen molar-refractivity contribution in [2.45, 2.75) is 6.10 Å². The SMILES string of the molecule is OC(C#Cc1ccc(F)cc1)c1ccccc1. The van der Waals surface area contributed by atoms with Crippen molar-refractivity contribution < 1.29 is 9.50 Å². The van der Waals surface area contributed by atoms with Crippen LogP contribution in [0, 0.1) is 17.7 Å². The van der Waals surface area contributed by atoms with Crippen molar-refractivity contribution in [2.75, 3.05) is 0 Å². The van der Waals surface area contributed by atoms with Gasteiger partial charge < -0.3 is 5.11 Å². The normalized spacial score (nSPS) is 11.4. The molecule has 0 bridgehead atoms. The molecule has 17 heavy (non-hydrogen) atoms. The molecule has 0 radical (unpaired) electrons. The van der Waals surface area contributed by atoms with Gasteiger partial charge in [0.2, 0.25) is 0 Å².